The molecular weight excluding hydrogens is 166 g/mol. The summed E-state index contributed by atoms with van der Waals surface area (Å²) in [6, 6.07) is 0. The zero-order valence-corrected chi connectivity index (χ0v) is 7.01. The Bertz CT molecular complexity index is 281. The monoisotopic (exact) mass is 173 g/mol. The lowest BCUT2D eigenvalue weighted by Gasteiger charge is -1.92. The fourth-order valence-corrected chi connectivity index (χ4v) is 0.997. The Hall–Kier alpha value is -1.03. The lowest BCUT2D eigenvalue weighted by molar-refractivity contribution is 0.0957. The van der Waals surface area contributed by atoms with E-state index in [0.29, 0.717) is 5.02 Å². The molecule has 0 aromatic carbocycles. The molecule has 5 heteroatoms. The molecule has 1 heterocycles. The van der Waals surface area contributed by atoms with Gasteiger partial charge in [-0.1, -0.05) is 11.6 Å². The number of aryl methyl sites for hydroxylation is 1. The van der Waals surface area contributed by atoms with Crippen molar-refractivity contribution in [3.05, 3.63) is 16.9 Å². The molecule has 0 fully saturated rings. The topological polar surface area (TPSA) is 46.9 Å². The number of carbonyl (C=O) groups is 1. The van der Waals surface area contributed by atoms with Crippen LogP contribution in [0, 0.1) is 0 Å². The number of hydrogen-bond donors (Lipinski definition) is 1. The Morgan fingerprint density at radius 1 is 1.82 bits per heavy atom. The van der Waals surface area contributed by atoms with Crippen LogP contribution < -0.4 is 5.32 Å². The van der Waals surface area contributed by atoms with Crippen molar-refractivity contribution >= 4 is 17.5 Å². The minimum absolute atomic E-state index is 0.261. The van der Waals surface area contributed by atoms with Crippen LogP contribution in [-0.2, 0) is 7.05 Å². The Morgan fingerprint density at radius 3 is 2.82 bits per heavy atom. The number of halogens is 1. The van der Waals surface area contributed by atoms with Crippen molar-refractivity contribution < 1.29 is 4.79 Å². The molecule has 4 nitrogen and oxygen atoms in total. The quantitative estimate of drug-likeness (QED) is 0.670. The van der Waals surface area contributed by atoms with Gasteiger partial charge in [-0.2, -0.15) is 5.10 Å². The zero-order chi connectivity index (χ0) is 8.43. The highest BCUT2D eigenvalue weighted by Gasteiger charge is 2.11. The molecule has 0 bridgehead atoms. The normalized spacial score (nSPS) is 9.73. The van der Waals surface area contributed by atoms with E-state index in [-0.39, 0.29) is 11.6 Å². The van der Waals surface area contributed by atoms with Gasteiger partial charge in [-0.3, -0.25) is 9.48 Å². The maximum absolute atomic E-state index is 11.0. The van der Waals surface area contributed by atoms with Crippen LogP contribution in [0.3, 0.4) is 0 Å². The molecule has 11 heavy (non-hydrogen) atoms. The average molecular weight is 174 g/mol. The van der Waals surface area contributed by atoms with Crippen molar-refractivity contribution in [2.75, 3.05) is 7.05 Å². The molecule has 0 spiro atoms. The van der Waals surface area contributed by atoms with Gasteiger partial charge in [0.25, 0.3) is 5.91 Å². The van der Waals surface area contributed by atoms with Crippen LogP contribution in [0.25, 0.3) is 0 Å². The molecule has 60 valence electrons. The number of nitrogens with one attached hydrogen (secondary N) is 1. The first-order valence-electron chi connectivity index (χ1n) is 3.06. The Morgan fingerprint density at radius 2 is 2.45 bits per heavy atom. The van der Waals surface area contributed by atoms with Crippen molar-refractivity contribution in [1.82, 2.24) is 15.1 Å². The fourth-order valence-electron chi connectivity index (χ4n) is 0.732. The van der Waals surface area contributed by atoms with E-state index in [4.69, 9.17) is 11.6 Å². The SMILES string of the molecule is CNC(=O)c1nn(C)cc1Cl. The maximum atomic E-state index is 11.0. The van der Waals surface area contributed by atoms with Crippen LogP contribution in [0.2, 0.25) is 5.02 Å². The van der Waals surface area contributed by atoms with Gasteiger partial charge in [-0.15, -0.1) is 0 Å². The molecule has 0 aliphatic carbocycles. The second-order valence-corrected chi connectivity index (χ2v) is 2.49. The van der Waals surface area contributed by atoms with Gasteiger partial charge in [0.15, 0.2) is 5.69 Å². The van der Waals surface area contributed by atoms with E-state index in [9.17, 15) is 4.79 Å². The largest absolute Gasteiger partial charge is 0.354 e. The average Bonchev–Trinajstić information content (AvgIpc) is 2.28. The molecule has 1 N–H and O–H groups in total. The molecule has 1 aromatic heterocycles. The number of aromatic nitrogens is 2. The molecule has 0 aliphatic rings. The molecule has 0 aliphatic heterocycles. The van der Waals surface area contributed by atoms with Gasteiger partial charge in [-0.05, 0) is 0 Å². The molecule has 0 atom stereocenters. The summed E-state index contributed by atoms with van der Waals surface area (Å²) in [5, 5.41) is 6.66. The first kappa shape index (κ1) is 8.07. The third-order valence-corrected chi connectivity index (χ3v) is 1.50. The molecule has 1 rings (SSSR count). The number of amides is 1. The van der Waals surface area contributed by atoms with E-state index in [1.165, 1.54) is 11.7 Å². The van der Waals surface area contributed by atoms with Gasteiger partial charge in [0, 0.05) is 20.3 Å². The van der Waals surface area contributed by atoms with Crippen molar-refractivity contribution in [2.45, 2.75) is 0 Å². The predicted molar refractivity (Wildman–Crippen MR) is 41.6 cm³/mol. The summed E-state index contributed by atoms with van der Waals surface area (Å²) in [6.45, 7) is 0. The molecule has 0 unspecified atom stereocenters. The maximum Gasteiger partial charge on any atom is 0.273 e. The van der Waals surface area contributed by atoms with E-state index in [0.717, 1.165) is 0 Å². The number of hydrogen-bond acceptors (Lipinski definition) is 2. The second-order valence-electron chi connectivity index (χ2n) is 2.08. The minimum atomic E-state index is -0.268. The highest BCUT2D eigenvalue weighted by molar-refractivity contribution is 6.33. The predicted octanol–water partition coefficient (Wildman–Crippen LogP) is 0.433. The van der Waals surface area contributed by atoms with Gasteiger partial charge in [0.05, 0.1) is 5.02 Å². The Balaban J connectivity index is 3.03. The molecular formula is C6H8ClN3O. The molecule has 1 aromatic rings. The fraction of sp³-hybridized carbons (Fsp3) is 0.333. The van der Waals surface area contributed by atoms with Crippen LogP contribution in [0.15, 0.2) is 6.20 Å². The molecule has 1 amide bonds. The summed E-state index contributed by atoms with van der Waals surface area (Å²) in [7, 11) is 3.24. The van der Waals surface area contributed by atoms with E-state index in [2.05, 4.69) is 10.4 Å². The second kappa shape index (κ2) is 2.92. The summed E-state index contributed by atoms with van der Waals surface area (Å²) in [4.78, 5) is 11.0. The highest BCUT2D eigenvalue weighted by Crippen LogP contribution is 2.12. The summed E-state index contributed by atoms with van der Waals surface area (Å²) >= 11 is 5.67. The van der Waals surface area contributed by atoms with Crippen LogP contribution >= 0.6 is 11.6 Å². The zero-order valence-electron chi connectivity index (χ0n) is 6.26. The summed E-state index contributed by atoms with van der Waals surface area (Å²) in [6.07, 6.45) is 1.58. The van der Waals surface area contributed by atoms with E-state index in [1.54, 1.807) is 13.2 Å². The van der Waals surface area contributed by atoms with Crippen LogP contribution in [-0.4, -0.2) is 22.7 Å². The molecule has 0 saturated carbocycles. The van der Waals surface area contributed by atoms with Crippen LogP contribution in [0.5, 0.6) is 0 Å². The number of rotatable bonds is 1. The van der Waals surface area contributed by atoms with Crippen molar-refractivity contribution in [2.24, 2.45) is 7.05 Å². The van der Waals surface area contributed by atoms with Crippen LogP contribution in [0.4, 0.5) is 0 Å². The number of carbonyl (C=O) groups excluding carboxylic acids is 1. The Labute approximate surface area is 69.1 Å². The molecule has 0 radical (unpaired) electrons. The van der Waals surface area contributed by atoms with Gasteiger partial charge >= 0.3 is 0 Å². The Kier molecular flexibility index (Phi) is 2.14. The minimum Gasteiger partial charge on any atom is -0.354 e. The van der Waals surface area contributed by atoms with E-state index >= 15 is 0 Å². The van der Waals surface area contributed by atoms with E-state index in [1.807, 2.05) is 0 Å². The first-order valence-corrected chi connectivity index (χ1v) is 3.44. The standard InChI is InChI=1S/C6H8ClN3O/c1-8-6(11)5-4(7)3-10(2)9-5/h3H,1-2H3,(H,8,11). The van der Waals surface area contributed by atoms with Gasteiger partial charge in [0.2, 0.25) is 0 Å². The van der Waals surface area contributed by atoms with Crippen molar-refractivity contribution in [3.8, 4) is 0 Å². The lowest BCUT2D eigenvalue weighted by Crippen LogP contribution is -2.18. The van der Waals surface area contributed by atoms with Crippen LogP contribution in [0.1, 0.15) is 10.5 Å². The van der Waals surface area contributed by atoms with Gasteiger partial charge < -0.3 is 5.32 Å². The highest BCUT2D eigenvalue weighted by atomic mass is 35.5. The summed E-state index contributed by atoms with van der Waals surface area (Å²) in [5.74, 6) is -0.268. The summed E-state index contributed by atoms with van der Waals surface area (Å²) < 4.78 is 1.49. The van der Waals surface area contributed by atoms with Gasteiger partial charge in [-0.25, -0.2) is 0 Å². The van der Waals surface area contributed by atoms with Crippen molar-refractivity contribution in [3.63, 3.8) is 0 Å². The summed E-state index contributed by atoms with van der Waals surface area (Å²) in [5.41, 5.74) is 0.261. The lowest BCUT2D eigenvalue weighted by atomic mass is 10.4. The third kappa shape index (κ3) is 1.51. The smallest absolute Gasteiger partial charge is 0.273 e. The third-order valence-electron chi connectivity index (χ3n) is 1.23. The number of nitrogens with zero attached hydrogens (tertiary/aromatic N) is 2. The molecule has 0 saturated heterocycles. The van der Waals surface area contributed by atoms with Crippen molar-refractivity contribution in [1.29, 1.82) is 0 Å². The first-order chi connectivity index (χ1) is 5.15. The van der Waals surface area contributed by atoms with E-state index < -0.39 is 0 Å². The van der Waals surface area contributed by atoms with Gasteiger partial charge in [0.1, 0.15) is 0 Å².